The van der Waals surface area contributed by atoms with E-state index in [9.17, 15) is 18.3 Å². The van der Waals surface area contributed by atoms with E-state index in [0.717, 1.165) is 16.7 Å². The molecule has 0 aliphatic rings. The zero-order valence-corrected chi connectivity index (χ0v) is 23.9. The Hall–Kier alpha value is -4.36. The SMILES string of the molecule is Cc1cc(C)c(S(=O)(=O)N(Cc2cccc(O)c2)c2ccc(C=CC(=O)N[C@H](C)c3ccccc3)cc2)c(C)c1. The predicted molar refractivity (Wildman–Crippen MR) is 161 cm³/mol. The van der Waals surface area contributed by atoms with Crippen molar-refractivity contribution in [3.8, 4) is 5.75 Å². The standard InChI is InChI=1S/C33H34N2O4S/c1-23-19-24(2)33(25(3)20-23)40(38,39)35(22-28-9-8-12-31(36)21-28)30-16-13-27(14-17-30)15-18-32(37)34-26(4)29-10-6-5-7-11-29/h5-21,26,36H,22H2,1-4H3,(H,34,37)/t26-/m1/s1. The van der Waals surface area contributed by atoms with Gasteiger partial charge in [-0.05, 0) is 85.9 Å². The van der Waals surface area contributed by atoms with Crippen LogP contribution in [0.3, 0.4) is 0 Å². The Labute approximate surface area is 236 Å². The molecule has 0 heterocycles. The van der Waals surface area contributed by atoms with Crippen molar-refractivity contribution in [1.29, 1.82) is 0 Å². The van der Waals surface area contributed by atoms with Gasteiger partial charge < -0.3 is 10.4 Å². The summed E-state index contributed by atoms with van der Waals surface area (Å²) in [5.41, 5.74) is 5.24. The topological polar surface area (TPSA) is 86.7 Å². The summed E-state index contributed by atoms with van der Waals surface area (Å²) in [6.07, 6.45) is 3.16. The lowest BCUT2D eigenvalue weighted by atomic mass is 10.1. The van der Waals surface area contributed by atoms with Crippen LogP contribution in [-0.2, 0) is 21.4 Å². The van der Waals surface area contributed by atoms with Crippen LogP contribution in [0, 0.1) is 20.8 Å². The molecule has 0 saturated carbocycles. The molecule has 0 saturated heterocycles. The Bertz CT molecular complexity index is 1610. The van der Waals surface area contributed by atoms with Gasteiger partial charge in [0.25, 0.3) is 10.0 Å². The Kier molecular flexibility index (Phi) is 8.75. The maximum Gasteiger partial charge on any atom is 0.265 e. The normalized spacial score (nSPS) is 12.3. The molecule has 0 aliphatic heterocycles. The van der Waals surface area contributed by atoms with Gasteiger partial charge in [0.15, 0.2) is 0 Å². The first-order valence-corrected chi connectivity index (χ1v) is 14.5. The maximum absolute atomic E-state index is 14.1. The molecule has 0 unspecified atom stereocenters. The van der Waals surface area contributed by atoms with Crippen LogP contribution in [0.25, 0.3) is 6.08 Å². The fourth-order valence-corrected chi connectivity index (χ4v) is 6.70. The Morgan fingerprint density at radius 3 is 2.17 bits per heavy atom. The van der Waals surface area contributed by atoms with Crippen molar-refractivity contribution in [3.63, 3.8) is 0 Å². The molecule has 1 atom stereocenters. The van der Waals surface area contributed by atoms with Crippen molar-refractivity contribution in [2.45, 2.75) is 45.2 Å². The molecule has 40 heavy (non-hydrogen) atoms. The van der Waals surface area contributed by atoms with E-state index in [1.54, 1.807) is 68.5 Å². The largest absolute Gasteiger partial charge is 0.508 e. The number of sulfonamides is 1. The highest BCUT2D eigenvalue weighted by Crippen LogP contribution is 2.31. The fraction of sp³-hybridized carbons (Fsp3) is 0.182. The summed E-state index contributed by atoms with van der Waals surface area (Å²) in [4.78, 5) is 12.7. The van der Waals surface area contributed by atoms with Gasteiger partial charge in [0.1, 0.15) is 5.75 Å². The van der Waals surface area contributed by atoms with E-state index in [1.165, 1.54) is 10.4 Å². The van der Waals surface area contributed by atoms with Gasteiger partial charge in [-0.2, -0.15) is 0 Å². The zero-order chi connectivity index (χ0) is 28.9. The molecular weight excluding hydrogens is 520 g/mol. The molecule has 0 spiro atoms. The molecule has 0 aromatic heterocycles. The van der Waals surface area contributed by atoms with E-state index in [0.29, 0.717) is 22.4 Å². The molecular formula is C33H34N2O4S. The summed E-state index contributed by atoms with van der Waals surface area (Å²) in [5.74, 6) is -0.156. The summed E-state index contributed by atoms with van der Waals surface area (Å²) in [5, 5.41) is 12.9. The Morgan fingerprint density at radius 2 is 1.55 bits per heavy atom. The summed E-state index contributed by atoms with van der Waals surface area (Å²) >= 11 is 0. The van der Waals surface area contributed by atoms with Gasteiger partial charge in [-0.1, -0.05) is 72.3 Å². The first-order valence-electron chi connectivity index (χ1n) is 13.1. The number of carbonyl (C=O) groups is 1. The van der Waals surface area contributed by atoms with Gasteiger partial charge in [-0.3, -0.25) is 9.10 Å². The zero-order valence-electron chi connectivity index (χ0n) is 23.1. The molecule has 0 aliphatic carbocycles. The van der Waals surface area contributed by atoms with Crippen molar-refractivity contribution in [2.75, 3.05) is 4.31 Å². The summed E-state index contributed by atoms with van der Waals surface area (Å²) in [6.45, 7) is 7.51. The second kappa shape index (κ2) is 12.2. The molecule has 0 bridgehead atoms. The Balaban J connectivity index is 1.61. The van der Waals surface area contributed by atoms with E-state index in [4.69, 9.17) is 0 Å². The highest BCUT2D eigenvalue weighted by atomic mass is 32.2. The van der Waals surface area contributed by atoms with Crippen LogP contribution in [0.15, 0.2) is 102 Å². The third-order valence-electron chi connectivity index (χ3n) is 6.66. The van der Waals surface area contributed by atoms with Crippen molar-refractivity contribution < 1.29 is 18.3 Å². The van der Waals surface area contributed by atoms with Crippen LogP contribution in [0.2, 0.25) is 0 Å². The minimum atomic E-state index is -3.95. The molecule has 0 fully saturated rings. The molecule has 7 heteroatoms. The van der Waals surface area contributed by atoms with E-state index in [-0.39, 0.29) is 29.1 Å². The second-order valence-corrected chi connectivity index (χ2v) is 11.8. The summed E-state index contributed by atoms with van der Waals surface area (Å²) in [6, 6.07) is 26.9. The lowest BCUT2D eigenvalue weighted by Crippen LogP contribution is -2.31. The van der Waals surface area contributed by atoms with Crippen LogP contribution in [-0.4, -0.2) is 19.4 Å². The highest BCUT2D eigenvalue weighted by molar-refractivity contribution is 7.92. The van der Waals surface area contributed by atoms with E-state index in [2.05, 4.69) is 5.32 Å². The first-order chi connectivity index (χ1) is 19.0. The van der Waals surface area contributed by atoms with E-state index < -0.39 is 10.0 Å². The van der Waals surface area contributed by atoms with Crippen molar-refractivity contribution in [2.24, 2.45) is 0 Å². The number of hydrogen-bond acceptors (Lipinski definition) is 4. The summed E-state index contributed by atoms with van der Waals surface area (Å²) < 4.78 is 29.5. The second-order valence-electron chi connectivity index (χ2n) is 9.98. The number of rotatable bonds is 9. The number of aryl methyl sites for hydroxylation is 3. The first kappa shape index (κ1) is 28.6. The molecule has 4 rings (SSSR count). The summed E-state index contributed by atoms with van der Waals surface area (Å²) in [7, 11) is -3.95. The molecule has 2 N–H and O–H groups in total. The van der Waals surface area contributed by atoms with Gasteiger partial charge in [-0.25, -0.2) is 8.42 Å². The maximum atomic E-state index is 14.1. The third-order valence-corrected chi connectivity index (χ3v) is 8.74. The van der Waals surface area contributed by atoms with Crippen LogP contribution in [0.5, 0.6) is 5.75 Å². The van der Waals surface area contributed by atoms with Crippen molar-refractivity contribution >= 4 is 27.7 Å². The van der Waals surface area contributed by atoms with Crippen LogP contribution in [0.1, 0.15) is 46.3 Å². The molecule has 1 amide bonds. The van der Waals surface area contributed by atoms with E-state index in [1.807, 2.05) is 56.3 Å². The van der Waals surface area contributed by atoms with Gasteiger partial charge in [0, 0.05) is 6.08 Å². The number of benzene rings is 4. The van der Waals surface area contributed by atoms with Crippen molar-refractivity contribution in [1.82, 2.24) is 5.32 Å². The average Bonchev–Trinajstić information content (AvgIpc) is 2.90. The van der Waals surface area contributed by atoms with Crippen LogP contribution in [0.4, 0.5) is 5.69 Å². The highest BCUT2D eigenvalue weighted by Gasteiger charge is 2.28. The number of nitrogens with zero attached hydrogens (tertiary/aromatic N) is 1. The minimum Gasteiger partial charge on any atom is -0.508 e. The quantitative estimate of drug-likeness (QED) is 0.228. The minimum absolute atomic E-state index is 0.0401. The Morgan fingerprint density at radius 1 is 0.900 bits per heavy atom. The molecule has 206 valence electrons. The molecule has 4 aromatic carbocycles. The fourth-order valence-electron chi connectivity index (χ4n) is 4.83. The van der Waals surface area contributed by atoms with Gasteiger partial charge in [0.05, 0.1) is 23.2 Å². The number of amides is 1. The number of aromatic hydroxyl groups is 1. The van der Waals surface area contributed by atoms with Crippen molar-refractivity contribution in [3.05, 3.63) is 130 Å². The van der Waals surface area contributed by atoms with Gasteiger partial charge in [0.2, 0.25) is 5.91 Å². The lowest BCUT2D eigenvalue weighted by molar-refractivity contribution is -0.117. The number of phenolic OH excluding ortho intramolecular Hbond substituents is 1. The molecule has 6 nitrogen and oxygen atoms in total. The van der Waals surface area contributed by atoms with E-state index >= 15 is 0 Å². The third kappa shape index (κ3) is 6.79. The number of hydrogen-bond donors (Lipinski definition) is 2. The van der Waals surface area contributed by atoms with Crippen LogP contribution < -0.4 is 9.62 Å². The number of anilines is 1. The number of nitrogens with one attached hydrogen (secondary N) is 1. The molecule has 4 aromatic rings. The van der Waals surface area contributed by atoms with Gasteiger partial charge >= 0.3 is 0 Å². The van der Waals surface area contributed by atoms with Crippen LogP contribution >= 0.6 is 0 Å². The molecule has 0 radical (unpaired) electrons. The predicted octanol–water partition coefficient (Wildman–Crippen LogP) is 6.60. The lowest BCUT2D eigenvalue weighted by Gasteiger charge is -2.27. The number of phenols is 1. The average molecular weight is 555 g/mol. The van der Waals surface area contributed by atoms with Gasteiger partial charge in [-0.15, -0.1) is 0 Å². The number of carbonyl (C=O) groups excluding carboxylic acids is 1. The monoisotopic (exact) mass is 554 g/mol. The smallest absolute Gasteiger partial charge is 0.265 e.